The van der Waals surface area contributed by atoms with Crippen LogP contribution in [0.2, 0.25) is 0 Å². The van der Waals surface area contributed by atoms with Crippen LogP contribution < -0.4 is 5.32 Å². The molecule has 0 radical (unpaired) electrons. The number of hydrogen-bond donors (Lipinski definition) is 1. The fourth-order valence-electron chi connectivity index (χ4n) is 1.95. The van der Waals surface area contributed by atoms with Crippen molar-refractivity contribution < 1.29 is 9.53 Å². The van der Waals surface area contributed by atoms with Crippen LogP contribution in [0.1, 0.15) is 46.5 Å². The van der Waals surface area contributed by atoms with Crippen LogP contribution in [0, 0.1) is 18.3 Å². The van der Waals surface area contributed by atoms with Crippen LogP contribution in [-0.2, 0) is 4.74 Å². The molecule has 2 atom stereocenters. The van der Waals surface area contributed by atoms with Gasteiger partial charge in [-0.25, -0.2) is 4.79 Å². The highest BCUT2D eigenvalue weighted by Gasteiger charge is 2.24. The molecule has 0 spiro atoms. The molecule has 1 rings (SSSR count). The molecule has 1 aliphatic rings. The standard InChI is InChI=1S/C13H21NO2/c1-5-10-7-6-8-11(9-10)14-12(15)16-13(2,3)4/h1,10-11H,6-9H2,2-4H3,(H,14,15)/t10-,11-/m0/s1. The first-order valence-corrected chi connectivity index (χ1v) is 5.86. The minimum absolute atomic E-state index is 0.171. The molecule has 3 nitrogen and oxygen atoms in total. The van der Waals surface area contributed by atoms with Gasteiger partial charge in [-0.1, -0.05) is 6.42 Å². The number of nitrogens with one attached hydrogen (secondary N) is 1. The molecule has 0 heterocycles. The summed E-state index contributed by atoms with van der Waals surface area (Å²) >= 11 is 0. The molecule has 0 saturated heterocycles. The maximum absolute atomic E-state index is 11.5. The van der Waals surface area contributed by atoms with Gasteiger partial charge in [-0.2, -0.15) is 0 Å². The molecule has 90 valence electrons. The Labute approximate surface area is 97.9 Å². The topological polar surface area (TPSA) is 38.3 Å². The molecule has 0 aromatic rings. The lowest BCUT2D eigenvalue weighted by Gasteiger charge is -2.28. The molecule has 0 aromatic heterocycles. The van der Waals surface area contributed by atoms with E-state index in [-0.39, 0.29) is 12.1 Å². The SMILES string of the molecule is C#C[C@H]1CCC[C@H](NC(=O)OC(C)(C)C)C1. The molecular formula is C13H21NO2. The van der Waals surface area contributed by atoms with Gasteiger partial charge in [0.1, 0.15) is 5.60 Å². The second-order valence-corrected chi connectivity index (χ2v) is 5.37. The van der Waals surface area contributed by atoms with Crippen molar-refractivity contribution in [3.63, 3.8) is 0 Å². The molecule has 0 aromatic carbocycles. The Bertz CT molecular complexity index is 285. The number of ether oxygens (including phenoxy) is 1. The maximum Gasteiger partial charge on any atom is 0.407 e. The number of alkyl carbamates (subject to hydrolysis) is 1. The number of rotatable bonds is 1. The van der Waals surface area contributed by atoms with Crippen molar-refractivity contribution in [1.82, 2.24) is 5.32 Å². The maximum atomic E-state index is 11.5. The van der Waals surface area contributed by atoms with E-state index in [4.69, 9.17) is 11.2 Å². The van der Waals surface area contributed by atoms with Crippen molar-refractivity contribution in [2.75, 3.05) is 0 Å². The highest BCUT2D eigenvalue weighted by molar-refractivity contribution is 5.68. The highest BCUT2D eigenvalue weighted by atomic mass is 16.6. The largest absolute Gasteiger partial charge is 0.444 e. The van der Waals surface area contributed by atoms with Gasteiger partial charge in [-0.05, 0) is 40.0 Å². The van der Waals surface area contributed by atoms with Gasteiger partial charge >= 0.3 is 6.09 Å². The van der Waals surface area contributed by atoms with E-state index in [9.17, 15) is 4.79 Å². The zero-order valence-electron chi connectivity index (χ0n) is 10.4. The lowest BCUT2D eigenvalue weighted by Crippen LogP contribution is -2.41. The minimum atomic E-state index is -0.440. The Hall–Kier alpha value is -1.17. The first-order valence-electron chi connectivity index (χ1n) is 5.86. The number of hydrogen-bond acceptors (Lipinski definition) is 2. The molecule has 0 unspecified atom stereocenters. The Kier molecular flexibility index (Phi) is 4.23. The van der Waals surface area contributed by atoms with Crippen molar-refractivity contribution in [3.8, 4) is 12.3 Å². The van der Waals surface area contributed by atoms with E-state index >= 15 is 0 Å². The number of carbonyl (C=O) groups excluding carboxylic acids is 1. The third-order valence-electron chi connectivity index (χ3n) is 2.63. The molecule has 0 aliphatic heterocycles. The minimum Gasteiger partial charge on any atom is -0.444 e. The highest BCUT2D eigenvalue weighted by Crippen LogP contribution is 2.23. The molecule has 1 amide bonds. The average molecular weight is 223 g/mol. The summed E-state index contributed by atoms with van der Waals surface area (Å²) in [5.41, 5.74) is -0.440. The first-order chi connectivity index (χ1) is 7.40. The number of carbonyl (C=O) groups is 1. The van der Waals surface area contributed by atoms with E-state index < -0.39 is 5.60 Å². The Balaban J connectivity index is 2.37. The van der Waals surface area contributed by atoms with E-state index in [1.807, 2.05) is 20.8 Å². The van der Waals surface area contributed by atoms with Gasteiger partial charge in [-0.3, -0.25) is 0 Å². The lowest BCUT2D eigenvalue weighted by molar-refractivity contribution is 0.0489. The molecule has 0 bridgehead atoms. The Morgan fingerprint density at radius 1 is 1.44 bits per heavy atom. The van der Waals surface area contributed by atoms with Gasteiger partial charge in [0, 0.05) is 12.0 Å². The van der Waals surface area contributed by atoms with Crippen molar-refractivity contribution in [2.24, 2.45) is 5.92 Å². The van der Waals surface area contributed by atoms with Gasteiger partial charge in [0.25, 0.3) is 0 Å². The Morgan fingerprint density at radius 2 is 2.12 bits per heavy atom. The molecule has 3 heteroatoms. The second kappa shape index (κ2) is 5.25. The Morgan fingerprint density at radius 3 is 2.69 bits per heavy atom. The van der Waals surface area contributed by atoms with Crippen molar-refractivity contribution in [3.05, 3.63) is 0 Å². The summed E-state index contributed by atoms with van der Waals surface area (Å²) in [6.07, 6.45) is 9.09. The number of terminal acetylenes is 1. The summed E-state index contributed by atoms with van der Waals surface area (Å²) in [5.74, 6) is 3.06. The quantitative estimate of drug-likeness (QED) is 0.694. The summed E-state index contributed by atoms with van der Waals surface area (Å²) in [5, 5.41) is 2.88. The van der Waals surface area contributed by atoms with Crippen LogP contribution in [0.15, 0.2) is 0 Å². The molecule has 1 saturated carbocycles. The average Bonchev–Trinajstić information content (AvgIpc) is 2.15. The molecule has 16 heavy (non-hydrogen) atoms. The molecule has 1 N–H and O–H groups in total. The van der Waals surface area contributed by atoms with E-state index in [1.54, 1.807) is 0 Å². The fourth-order valence-corrected chi connectivity index (χ4v) is 1.95. The van der Waals surface area contributed by atoms with Crippen LogP contribution >= 0.6 is 0 Å². The van der Waals surface area contributed by atoms with Crippen LogP contribution in [0.5, 0.6) is 0 Å². The smallest absolute Gasteiger partial charge is 0.407 e. The normalized spacial score (nSPS) is 25.6. The summed E-state index contributed by atoms with van der Waals surface area (Å²) in [6.45, 7) is 5.58. The van der Waals surface area contributed by atoms with Crippen LogP contribution in [-0.4, -0.2) is 17.7 Å². The van der Waals surface area contributed by atoms with E-state index in [0.29, 0.717) is 5.92 Å². The third kappa shape index (κ3) is 4.57. The summed E-state index contributed by atoms with van der Waals surface area (Å²) in [6, 6.07) is 0.171. The third-order valence-corrected chi connectivity index (χ3v) is 2.63. The number of amides is 1. The van der Waals surface area contributed by atoms with Gasteiger partial charge in [0.2, 0.25) is 0 Å². The van der Waals surface area contributed by atoms with Crippen LogP contribution in [0.4, 0.5) is 4.79 Å². The lowest BCUT2D eigenvalue weighted by atomic mass is 9.86. The van der Waals surface area contributed by atoms with Gasteiger partial charge in [0.15, 0.2) is 0 Å². The van der Waals surface area contributed by atoms with Crippen molar-refractivity contribution in [2.45, 2.75) is 58.1 Å². The van der Waals surface area contributed by atoms with Crippen molar-refractivity contribution in [1.29, 1.82) is 0 Å². The van der Waals surface area contributed by atoms with E-state index in [0.717, 1.165) is 25.7 Å². The summed E-state index contributed by atoms with van der Waals surface area (Å²) in [4.78, 5) is 11.5. The van der Waals surface area contributed by atoms with E-state index in [1.165, 1.54) is 0 Å². The van der Waals surface area contributed by atoms with Gasteiger partial charge in [0.05, 0.1) is 0 Å². The van der Waals surface area contributed by atoms with E-state index in [2.05, 4.69) is 11.2 Å². The predicted octanol–water partition coefficient (Wildman–Crippen LogP) is 2.70. The molecule has 1 fully saturated rings. The molecular weight excluding hydrogens is 202 g/mol. The zero-order valence-corrected chi connectivity index (χ0v) is 10.4. The fraction of sp³-hybridized carbons (Fsp3) is 0.769. The van der Waals surface area contributed by atoms with Gasteiger partial charge < -0.3 is 10.1 Å². The summed E-state index contributed by atoms with van der Waals surface area (Å²) < 4.78 is 5.21. The van der Waals surface area contributed by atoms with Crippen LogP contribution in [0.25, 0.3) is 0 Å². The molecule has 1 aliphatic carbocycles. The van der Waals surface area contributed by atoms with Gasteiger partial charge in [-0.15, -0.1) is 12.3 Å². The monoisotopic (exact) mass is 223 g/mol. The predicted molar refractivity (Wildman–Crippen MR) is 63.9 cm³/mol. The summed E-state index contributed by atoms with van der Waals surface area (Å²) in [7, 11) is 0. The first kappa shape index (κ1) is 12.9. The second-order valence-electron chi connectivity index (χ2n) is 5.37. The zero-order chi connectivity index (χ0) is 12.2. The van der Waals surface area contributed by atoms with Crippen molar-refractivity contribution >= 4 is 6.09 Å². The van der Waals surface area contributed by atoms with Crippen LogP contribution in [0.3, 0.4) is 0 Å².